The zero-order valence-electron chi connectivity index (χ0n) is 16.2. The smallest absolute Gasteiger partial charge is 0.191 e. The highest BCUT2D eigenvalue weighted by atomic mass is 127. The second-order valence-electron chi connectivity index (χ2n) is 6.19. The van der Waals surface area contributed by atoms with Crippen LogP contribution < -0.4 is 15.4 Å². The maximum absolute atomic E-state index is 10.4. The molecule has 0 saturated carbocycles. The SMILES string of the molecule is CCNC(=NCc1nc(C(C)C)cs1)NCC(O)c1cccc(OC)c1.I. The third-order valence-corrected chi connectivity index (χ3v) is 4.67. The van der Waals surface area contributed by atoms with Crippen LogP contribution in [0.25, 0.3) is 0 Å². The van der Waals surface area contributed by atoms with Crippen molar-refractivity contribution in [3.05, 3.63) is 45.9 Å². The molecule has 2 rings (SSSR count). The Balaban J connectivity index is 0.00000364. The predicted molar refractivity (Wildman–Crippen MR) is 122 cm³/mol. The number of nitrogens with zero attached hydrogens (tertiary/aromatic N) is 2. The third kappa shape index (κ3) is 7.63. The number of aromatic nitrogens is 1. The zero-order valence-corrected chi connectivity index (χ0v) is 19.4. The van der Waals surface area contributed by atoms with Crippen LogP contribution in [0, 0.1) is 0 Å². The van der Waals surface area contributed by atoms with Gasteiger partial charge in [-0.05, 0) is 30.5 Å². The van der Waals surface area contributed by atoms with E-state index in [0.29, 0.717) is 25.0 Å². The number of methoxy groups -OCH3 is 1. The molecule has 3 N–H and O–H groups in total. The number of thiazole rings is 1. The standard InChI is InChI=1S/C19H28N4O2S.HI/c1-5-20-19(22-11-18-23-16(12-26-18)13(2)3)21-10-17(24)14-7-6-8-15(9-14)25-4;/h6-9,12-13,17,24H,5,10-11H2,1-4H3,(H2,20,21,22);1H. The molecule has 0 radical (unpaired) electrons. The molecule has 1 heterocycles. The van der Waals surface area contributed by atoms with Gasteiger partial charge in [0, 0.05) is 18.5 Å². The lowest BCUT2D eigenvalue weighted by atomic mass is 10.1. The second-order valence-corrected chi connectivity index (χ2v) is 7.13. The Morgan fingerprint density at radius 1 is 1.33 bits per heavy atom. The van der Waals surface area contributed by atoms with Gasteiger partial charge in [0.05, 0.1) is 25.5 Å². The summed E-state index contributed by atoms with van der Waals surface area (Å²) in [6.07, 6.45) is -0.652. The summed E-state index contributed by atoms with van der Waals surface area (Å²) in [5.74, 6) is 1.82. The number of aliphatic hydroxyl groups excluding tert-OH is 1. The second kappa shape index (κ2) is 12.1. The van der Waals surface area contributed by atoms with E-state index in [2.05, 4.69) is 39.8 Å². The molecule has 1 unspecified atom stereocenters. The minimum Gasteiger partial charge on any atom is -0.497 e. The minimum absolute atomic E-state index is 0. The molecular weight excluding hydrogens is 475 g/mol. The van der Waals surface area contributed by atoms with Gasteiger partial charge in [-0.3, -0.25) is 0 Å². The van der Waals surface area contributed by atoms with E-state index in [-0.39, 0.29) is 24.0 Å². The Kier molecular flexibility index (Phi) is 10.6. The number of nitrogens with one attached hydrogen (secondary N) is 2. The summed E-state index contributed by atoms with van der Waals surface area (Å²) in [6.45, 7) is 7.89. The van der Waals surface area contributed by atoms with Crippen molar-refractivity contribution in [2.24, 2.45) is 4.99 Å². The first-order valence-corrected chi connectivity index (χ1v) is 9.70. The van der Waals surface area contributed by atoms with E-state index >= 15 is 0 Å². The molecule has 6 nitrogen and oxygen atoms in total. The Morgan fingerprint density at radius 2 is 2.11 bits per heavy atom. The van der Waals surface area contributed by atoms with Gasteiger partial charge in [-0.1, -0.05) is 26.0 Å². The molecular formula is C19H29IN4O2S. The van der Waals surface area contributed by atoms with Gasteiger partial charge >= 0.3 is 0 Å². The first-order valence-electron chi connectivity index (χ1n) is 8.82. The fraction of sp³-hybridized carbons (Fsp3) is 0.474. The third-order valence-electron chi connectivity index (χ3n) is 3.82. The van der Waals surface area contributed by atoms with E-state index in [1.165, 1.54) is 0 Å². The van der Waals surface area contributed by atoms with Crippen LogP contribution in [0.5, 0.6) is 5.75 Å². The van der Waals surface area contributed by atoms with Crippen LogP contribution in [0.15, 0.2) is 34.6 Å². The number of hydrogen-bond acceptors (Lipinski definition) is 5. The summed E-state index contributed by atoms with van der Waals surface area (Å²) in [5.41, 5.74) is 1.90. The van der Waals surface area contributed by atoms with Crippen LogP contribution in [0.1, 0.15) is 49.1 Å². The van der Waals surface area contributed by atoms with Gasteiger partial charge in [0.25, 0.3) is 0 Å². The average molecular weight is 504 g/mol. The molecule has 1 atom stereocenters. The molecule has 0 aliphatic rings. The van der Waals surface area contributed by atoms with Crippen molar-refractivity contribution in [1.82, 2.24) is 15.6 Å². The van der Waals surface area contributed by atoms with E-state index in [1.807, 2.05) is 31.2 Å². The molecule has 2 aromatic rings. The zero-order chi connectivity index (χ0) is 18.9. The van der Waals surface area contributed by atoms with Gasteiger partial charge < -0.3 is 20.5 Å². The van der Waals surface area contributed by atoms with Crippen molar-refractivity contribution in [1.29, 1.82) is 0 Å². The molecule has 0 aliphatic carbocycles. The number of guanidine groups is 1. The molecule has 1 aromatic carbocycles. The molecule has 0 bridgehead atoms. The van der Waals surface area contributed by atoms with Gasteiger partial charge in [0.2, 0.25) is 0 Å². The van der Waals surface area contributed by atoms with Gasteiger partial charge in [0.1, 0.15) is 10.8 Å². The van der Waals surface area contributed by atoms with E-state index in [0.717, 1.165) is 28.6 Å². The van der Waals surface area contributed by atoms with Crippen molar-refractivity contribution in [3.8, 4) is 5.75 Å². The van der Waals surface area contributed by atoms with Crippen LogP contribution in [0.4, 0.5) is 0 Å². The highest BCUT2D eigenvalue weighted by molar-refractivity contribution is 14.0. The summed E-state index contributed by atoms with van der Waals surface area (Å²) in [5, 5.41) is 19.8. The summed E-state index contributed by atoms with van der Waals surface area (Å²) in [7, 11) is 1.61. The molecule has 0 fully saturated rings. The van der Waals surface area contributed by atoms with Crippen molar-refractivity contribution in [2.45, 2.75) is 39.3 Å². The topological polar surface area (TPSA) is 78.8 Å². The average Bonchev–Trinajstić information content (AvgIpc) is 3.13. The van der Waals surface area contributed by atoms with Crippen LogP contribution in [0.3, 0.4) is 0 Å². The van der Waals surface area contributed by atoms with Crippen LogP contribution in [0.2, 0.25) is 0 Å². The van der Waals surface area contributed by atoms with E-state index in [4.69, 9.17) is 4.74 Å². The van der Waals surface area contributed by atoms with Crippen LogP contribution in [-0.2, 0) is 6.54 Å². The maximum Gasteiger partial charge on any atom is 0.191 e. The van der Waals surface area contributed by atoms with Gasteiger partial charge in [0.15, 0.2) is 5.96 Å². The number of aliphatic imine (C=N–C) groups is 1. The monoisotopic (exact) mass is 504 g/mol. The Hall–Kier alpha value is -1.39. The van der Waals surface area contributed by atoms with Gasteiger partial charge in [-0.15, -0.1) is 35.3 Å². The first-order chi connectivity index (χ1) is 12.5. The Bertz CT molecular complexity index is 721. The lowest BCUT2D eigenvalue weighted by Crippen LogP contribution is -2.39. The Labute approximate surface area is 182 Å². The fourth-order valence-electron chi connectivity index (χ4n) is 2.31. The first kappa shape index (κ1) is 23.6. The lowest BCUT2D eigenvalue weighted by molar-refractivity contribution is 0.180. The van der Waals surface area contributed by atoms with Crippen molar-refractivity contribution < 1.29 is 9.84 Å². The normalized spacial score (nSPS) is 12.4. The summed E-state index contributed by atoms with van der Waals surface area (Å²) in [6, 6.07) is 7.43. The number of benzene rings is 1. The largest absolute Gasteiger partial charge is 0.497 e. The number of aliphatic hydroxyl groups is 1. The molecule has 8 heteroatoms. The maximum atomic E-state index is 10.4. The fourth-order valence-corrected chi connectivity index (χ4v) is 3.19. The van der Waals surface area contributed by atoms with Crippen LogP contribution >= 0.6 is 35.3 Å². The van der Waals surface area contributed by atoms with E-state index < -0.39 is 6.10 Å². The molecule has 0 aliphatic heterocycles. The predicted octanol–water partition coefficient (Wildman–Crippen LogP) is 3.68. The molecule has 0 amide bonds. The number of rotatable bonds is 8. The minimum atomic E-state index is -0.652. The molecule has 1 aromatic heterocycles. The molecule has 150 valence electrons. The van der Waals surface area contributed by atoms with Gasteiger partial charge in [-0.25, -0.2) is 9.98 Å². The van der Waals surface area contributed by atoms with Crippen molar-refractivity contribution >= 4 is 41.3 Å². The van der Waals surface area contributed by atoms with Crippen molar-refractivity contribution in [3.63, 3.8) is 0 Å². The number of halogens is 1. The number of hydrogen-bond donors (Lipinski definition) is 3. The molecule has 0 saturated heterocycles. The molecule has 27 heavy (non-hydrogen) atoms. The van der Waals surface area contributed by atoms with E-state index in [9.17, 15) is 5.11 Å². The van der Waals surface area contributed by atoms with Gasteiger partial charge in [-0.2, -0.15) is 0 Å². The summed E-state index contributed by atoms with van der Waals surface area (Å²) < 4.78 is 5.20. The summed E-state index contributed by atoms with van der Waals surface area (Å²) in [4.78, 5) is 9.16. The van der Waals surface area contributed by atoms with Crippen LogP contribution in [-0.4, -0.2) is 36.2 Å². The quantitative estimate of drug-likeness (QED) is 0.291. The highest BCUT2D eigenvalue weighted by Gasteiger charge is 2.10. The summed E-state index contributed by atoms with van der Waals surface area (Å²) >= 11 is 1.63. The Morgan fingerprint density at radius 3 is 2.74 bits per heavy atom. The number of ether oxygens (including phenoxy) is 1. The van der Waals surface area contributed by atoms with E-state index in [1.54, 1.807) is 18.4 Å². The van der Waals surface area contributed by atoms with Crippen molar-refractivity contribution in [2.75, 3.05) is 20.2 Å². The molecule has 0 spiro atoms. The highest BCUT2D eigenvalue weighted by Crippen LogP contribution is 2.19. The lowest BCUT2D eigenvalue weighted by Gasteiger charge is -2.16.